The third kappa shape index (κ3) is 7.19. The molecule has 0 saturated heterocycles. The number of hydrogen-bond acceptors (Lipinski definition) is 5. The van der Waals surface area contributed by atoms with E-state index in [2.05, 4.69) is 89.6 Å². The van der Waals surface area contributed by atoms with Crippen molar-refractivity contribution in [3.8, 4) is 0 Å². The van der Waals surface area contributed by atoms with E-state index in [0.717, 1.165) is 46.3 Å². The maximum atomic E-state index is 6.05. The van der Waals surface area contributed by atoms with Crippen molar-refractivity contribution < 1.29 is 4.74 Å². The number of aromatic nitrogens is 1. The Kier molecular flexibility index (Phi) is 9.43. The lowest BCUT2D eigenvalue weighted by Crippen LogP contribution is -2.48. The zero-order valence-corrected chi connectivity index (χ0v) is 25.7. The number of pyridine rings is 1. The van der Waals surface area contributed by atoms with Crippen LogP contribution in [0.3, 0.4) is 0 Å². The Bertz CT molecular complexity index is 1110. The fourth-order valence-electron chi connectivity index (χ4n) is 5.79. The van der Waals surface area contributed by atoms with E-state index in [1.165, 1.54) is 30.4 Å². The van der Waals surface area contributed by atoms with Gasteiger partial charge in [-0.3, -0.25) is 14.9 Å². The van der Waals surface area contributed by atoms with Gasteiger partial charge in [0.15, 0.2) is 0 Å². The predicted octanol–water partition coefficient (Wildman–Crippen LogP) is 7.05. The first kappa shape index (κ1) is 28.2. The van der Waals surface area contributed by atoms with Crippen LogP contribution in [-0.2, 0) is 11.2 Å². The first-order chi connectivity index (χ1) is 17.7. The highest BCUT2D eigenvalue weighted by molar-refractivity contribution is 9.10. The minimum atomic E-state index is -1.09. The minimum absolute atomic E-state index is 0.162. The number of fused-ring (bicyclic) bond motifs is 1. The standard InChI is InChI=1S/C30H43BrN4OSi/c1-21-6-9-27(14-21)35-22(2)15-24-16-23(25(17-32)18-33-20-36-12-13-37(3,4)5)7-10-28(24)30(35)29-11-8-26(31)19-34-29/h7-8,10-11,16-19,21-22,27,30H,6,9,12-15,20,32H2,1-5H3/t21?,22-,27?,30+/m1/s1. The maximum absolute atomic E-state index is 6.05. The van der Waals surface area contributed by atoms with Crippen molar-refractivity contribution in [3.05, 3.63) is 69.6 Å². The Balaban J connectivity index is 1.57. The smallest absolute Gasteiger partial charge is 0.137 e. The second kappa shape index (κ2) is 12.4. The van der Waals surface area contributed by atoms with Crippen molar-refractivity contribution in [2.75, 3.05) is 13.3 Å². The topological polar surface area (TPSA) is 63.7 Å². The maximum Gasteiger partial charge on any atom is 0.137 e. The number of nitrogens with zero attached hydrogens (tertiary/aromatic N) is 3. The number of benzene rings is 1. The minimum Gasteiger partial charge on any atom is -0.404 e. The molecule has 0 amide bonds. The third-order valence-electron chi connectivity index (χ3n) is 7.78. The van der Waals surface area contributed by atoms with Gasteiger partial charge in [0.1, 0.15) is 6.73 Å². The van der Waals surface area contributed by atoms with Crippen LogP contribution in [0.5, 0.6) is 0 Å². The van der Waals surface area contributed by atoms with E-state index >= 15 is 0 Å². The Morgan fingerprint density at radius 2 is 2.03 bits per heavy atom. The molecule has 1 aromatic heterocycles. The number of halogens is 1. The zero-order chi connectivity index (χ0) is 26.6. The lowest BCUT2D eigenvalue weighted by molar-refractivity contribution is 0.0910. The molecule has 7 heteroatoms. The normalized spacial score (nSPS) is 25.1. The summed E-state index contributed by atoms with van der Waals surface area (Å²) in [6.45, 7) is 13.0. The Morgan fingerprint density at radius 1 is 1.22 bits per heavy atom. The highest BCUT2D eigenvalue weighted by Crippen LogP contribution is 2.43. The van der Waals surface area contributed by atoms with E-state index in [0.29, 0.717) is 18.8 Å². The van der Waals surface area contributed by atoms with Gasteiger partial charge in [-0.05, 0) is 89.3 Å². The SMILES string of the molecule is CC1CCC(N2[C@H](c3ccc(Br)cn3)c3ccc(C(C=NCOCC[Si](C)(C)C)=CN)cc3C[C@H]2C)C1. The average molecular weight is 584 g/mol. The number of ether oxygens (including phenoxy) is 1. The summed E-state index contributed by atoms with van der Waals surface area (Å²) in [4.78, 5) is 12.1. The molecule has 2 N–H and O–H groups in total. The van der Waals surface area contributed by atoms with E-state index in [1.807, 2.05) is 12.4 Å². The van der Waals surface area contributed by atoms with Crippen LogP contribution in [0.15, 0.2) is 52.2 Å². The Hall–Kier alpha value is -1.80. The van der Waals surface area contributed by atoms with Crippen LogP contribution in [0, 0.1) is 5.92 Å². The predicted molar refractivity (Wildman–Crippen MR) is 162 cm³/mol. The Labute approximate surface area is 232 Å². The van der Waals surface area contributed by atoms with Crippen molar-refractivity contribution in [2.24, 2.45) is 16.6 Å². The molecule has 2 aromatic rings. The molecule has 1 saturated carbocycles. The quantitative estimate of drug-likeness (QED) is 0.195. The van der Waals surface area contributed by atoms with Crippen molar-refractivity contribution in [3.63, 3.8) is 0 Å². The van der Waals surface area contributed by atoms with Crippen molar-refractivity contribution >= 4 is 35.8 Å². The molecule has 2 aliphatic rings. The van der Waals surface area contributed by atoms with Crippen LogP contribution in [-0.4, -0.2) is 49.6 Å². The largest absolute Gasteiger partial charge is 0.404 e. The molecular formula is C30H43BrN4OSi. The van der Waals surface area contributed by atoms with Crippen LogP contribution < -0.4 is 5.73 Å². The van der Waals surface area contributed by atoms with E-state index < -0.39 is 8.07 Å². The lowest BCUT2D eigenvalue weighted by atomic mass is 9.83. The van der Waals surface area contributed by atoms with Crippen LogP contribution in [0.25, 0.3) is 5.57 Å². The molecule has 1 aliphatic carbocycles. The molecule has 4 atom stereocenters. The monoisotopic (exact) mass is 582 g/mol. The van der Waals surface area contributed by atoms with Gasteiger partial charge in [0, 0.05) is 55.4 Å². The van der Waals surface area contributed by atoms with Gasteiger partial charge in [-0.25, -0.2) is 0 Å². The van der Waals surface area contributed by atoms with Gasteiger partial charge in [0.05, 0.1) is 11.7 Å². The molecule has 2 heterocycles. The summed E-state index contributed by atoms with van der Waals surface area (Å²) in [6.07, 6.45) is 10.3. The summed E-state index contributed by atoms with van der Waals surface area (Å²) in [5.41, 5.74) is 11.9. The van der Waals surface area contributed by atoms with Gasteiger partial charge in [-0.2, -0.15) is 0 Å². The number of nitrogens with two attached hydrogens (primary N) is 1. The zero-order valence-electron chi connectivity index (χ0n) is 23.1. The van der Waals surface area contributed by atoms with Crippen LogP contribution >= 0.6 is 15.9 Å². The van der Waals surface area contributed by atoms with Crippen molar-refractivity contribution in [1.82, 2.24) is 9.88 Å². The van der Waals surface area contributed by atoms with Crippen molar-refractivity contribution in [1.29, 1.82) is 0 Å². The van der Waals surface area contributed by atoms with Crippen molar-refractivity contribution in [2.45, 2.75) is 83.3 Å². The molecule has 1 aromatic carbocycles. The molecule has 0 bridgehead atoms. The molecule has 2 unspecified atom stereocenters. The fraction of sp³-hybridized carbons (Fsp3) is 0.533. The molecule has 5 nitrogen and oxygen atoms in total. The van der Waals surface area contributed by atoms with Gasteiger partial charge >= 0.3 is 0 Å². The third-order valence-corrected chi connectivity index (χ3v) is 9.96. The molecule has 1 aliphatic heterocycles. The van der Waals surface area contributed by atoms with Crippen LogP contribution in [0.1, 0.15) is 61.5 Å². The lowest BCUT2D eigenvalue weighted by Gasteiger charge is -2.45. The molecule has 0 radical (unpaired) electrons. The Morgan fingerprint density at radius 3 is 2.68 bits per heavy atom. The molecule has 200 valence electrons. The number of allylic oxidation sites excluding steroid dienone is 1. The van der Waals surface area contributed by atoms with E-state index in [1.54, 1.807) is 6.20 Å². The van der Waals surface area contributed by atoms with E-state index in [-0.39, 0.29) is 6.04 Å². The number of rotatable bonds is 9. The average Bonchev–Trinajstić information content (AvgIpc) is 3.28. The van der Waals surface area contributed by atoms with Gasteiger partial charge in [0.2, 0.25) is 0 Å². The number of hydrogen-bond donors (Lipinski definition) is 1. The highest BCUT2D eigenvalue weighted by atomic mass is 79.9. The summed E-state index contributed by atoms with van der Waals surface area (Å²) in [6, 6.07) is 13.4. The summed E-state index contributed by atoms with van der Waals surface area (Å²) in [7, 11) is -1.09. The first-order valence-electron chi connectivity index (χ1n) is 13.7. The second-order valence-electron chi connectivity index (χ2n) is 12.1. The summed E-state index contributed by atoms with van der Waals surface area (Å²) >= 11 is 3.56. The highest BCUT2D eigenvalue weighted by Gasteiger charge is 2.40. The molecule has 37 heavy (non-hydrogen) atoms. The van der Waals surface area contributed by atoms with Crippen LogP contribution in [0.2, 0.25) is 25.7 Å². The molecule has 4 rings (SSSR count). The van der Waals surface area contributed by atoms with Crippen LogP contribution in [0.4, 0.5) is 0 Å². The second-order valence-corrected chi connectivity index (χ2v) is 18.6. The van der Waals surface area contributed by atoms with E-state index in [4.69, 9.17) is 15.5 Å². The fourth-order valence-corrected chi connectivity index (χ4v) is 6.78. The summed E-state index contributed by atoms with van der Waals surface area (Å²) in [5.74, 6) is 0.788. The van der Waals surface area contributed by atoms with Gasteiger partial charge in [-0.15, -0.1) is 0 Å². The van der Waals surface area contributed by atoms with Gasteiger partial charge < -0.3 is 10.5 Å². The number of aliphatic imine (C=N–C) groups is 1. The summed E-state index contributed by atoms with van der Waals surface area (Å²) in [5, 5.41) is 0. The van der Waals surface area contributed by atoms with Gasteiger partial charge in [0.25, 0.3) is 0 Å². The molecule has 1 fully saturated rings. The summed E-state index contributed by atoms with van der Waals surface area (Å²) < 4.78 is 6.75. The van der Waals surface area contributed by atoms with Gasteiger partial charge in [-0.1, -0.05) is 44.8 Å². The van der Waals surface area contributed by atoms with E-state index in [9.17, 15) is 0 Å². The first-order valence-corrected chi connectivity index (χ1v) is 18.2. The molecular weight excluding hydrogens is 540 g/mol. The molecule has 0 spiro atoms.